The van der Waals surface area contributed by atoms with E-state index in [9.17, 15) is 4.79 Å². The van der Waals surface area contributed by atoms with E-state index in [0.29, 0.717) is 10.9 Å². The summed E-state index contributed by atoms with van der Waals surface area (Å²) in [7, 11) is 0. The van der Waals surface area contributed by atoms with Gasteiger partial charge in [0.05, 0.1) is 10.9 Å². The van der Waals surface area contributed by atoms with Gasteiger partial charge in [0, 0.05) is 6.20 Å². The van der Waals surface area contributed by atoms with E-state index in [-0.39, 0.29) is 5.56 Å². The van der Waals surface area contributed by atoms with Gasteiger partial charge in [0.15, 0.2) is 0 Å². The highest BCUT2D eigenvalue weighted by Gasteiger charge is 2.03. The Hall–Kier alpha value is -3.46. The third-order valence-corrected chi connectivity index (χ3v) is 4.15. The van der Waals surface area contributed by atoms with Crippen molar-refractivity contribution >= 4 is 23.2 Å². The third-order valence-electron chi connectivity index (χ3n) is 4.15. The van der Waals surface area contributed by atoms with Gasteiger partial charge in [-0.25, -0.2) is 4.98 Å². The van der Waals surface area contributed by atoms with E-state index in [0.717, 1.165) is 16.7 Å². The summed E-state index contributed by atoms with van der Waals surface area (Å²) in [6, 6.07) is 25.7. The van der Waals surface area contributed by atoms with Gasteiger partial charge < -0.3 is 0 Å². The maximum Gasteiger partial charge on any atom is 0.265 e. The molecule has 0 amide bonds. The van der Waals surface area contributed by atoms with Crippen molar-refractivity contribution in [1.29, 1.82) is 0 Å². The van der Waals surface area contributed by atoms with Crippen LogP contribution in [0, 0.1) is 0 Å². The molecule has 3 heteroatoms. The zero-order chi connectivity index (χ0) is 17.1. The Balaban J connectivity index is 1.77. The van der Waals surface area contributed by atoms with Crippen molar-refractivity contribution < 1.29 is 0 Å². The van der Waals surface area contributed by atoms with Crippen LogP contribution < -0.4 is 5.56 Å². The van der Waals surface area contributed by atoms with Crippen molar-refractivity contribution in [2.24, 2.45) is 0 Å². The lowest BCUT2D eigenvalue weighted by Gasteiger charge is -2.06. The van der Waals surface area contributed by atoms with Crippen molar-refractivity contribution in [2.45, 2.75) is 0 Å². The van der Waals surface area contributed by atoms with Gasteiger partial charge >= 0.3 is 0 Å². The summed E-state index contributed by atoms with van der Waals surface area (Å²) in [5.74, 6) is 0. The fourth-order valence-corrected chi connectivity index (χ4v) is 2.87. The van der Waals surface area contributed by atoms with Gasteiger partial charge in [-0.1, -0.05) is 66.7 Å². The number of nitrogens with zero attached hydrogens (tertiary/aromatic N) is 2. The lowest BCUT2D eigenvalue weighted by Crippen LogP contribution is -2.15. The maximum atomic E-state index is 12.6. The van der Waals surface area contributed by atoms with Gasteiger partial charge in [0.25, 0.3) is 5.56 Å². The number of aromatic nitrogens is 2. The topological polar surface area (TPSA) is 34.9 Å². The lowest BCUT2D eigenvalue weighted by molar-refractivity contribution is 1.03. The Morgan fingerprint density at radius 1 is 0.800 bits per heavy atom. The first kappa shape index (κ1) is 15.1. The van der Waals surface area contributed by atoms with Gasteiger partial charge in [-0.3, -0.25) is 9.36 Å². The first-order valence-electron chi connectivity index (χ1n) is 8.11. The van der Waals surface area contributed by atoms with Crippen molar-refractivity contribution in [3.05, 3.63) is 101 Å². The van der Waals surface area contributed by atoms with Gasteiger partial charge in [0.1, 0.15) is 6.33 Å². The molecular weight excluding hydrogens is 308 g/mol. The highest BCUT2D eigenvalue weighted by molar-refractivity contribution is 5.80. The fourth-order valence-electron chi connectivity index (χ4n) is 2.87. The van der Waals surface area contributed by atoms with Crippen molar-refractivity contribution in [3.8, 4) is 11.1 Å². The molecule has 0 atom stereocenters. The highest BCUT2D eigenvalue weighted by Crippen LogP contribution is 2.24. The first-order chi connectivity index (χ1) is 12.3. The number of rotatable bonds is 3. The van der Waals surface area contributed by atoms with E-state index >= 15 is 0 Å². The molecule has 0 bridgehead atoms. The fraction of sp³-hybridized carbons (Fsp3) is 0. The molecule has 0 saturated heterocycles. The second-order valence-corrected chi connectivity index (χ2v) is 5.74. The predicted octanol–water partition coefficient (Wildman–Crippen LogP) is 4.69. The highest BCUT2D eigenvalue weighted by atomic mass is 16.1. The molecular formula is C22H16N2O. The van der Waals surface area contributed by atoms with Crippen LogP contribution in [0.4, 0.5) is 0 Å². The minimum Gasteiger partial charge on any atom is -0.274 e. The molecule has 0 spiro atoms. The van der Waals surface area contributed by atoms with Crippen molar-refractivity contribution in [3.63, 3.8) is 0 Å². The first-order valence-corrected chi connectivity index (χ1v) is 8.11. The smallest absolute Gasteiger partial charge is 0.265 e. The Kier molecular flexibility index (Phi) is 3.97. The lowest BCUT2D eigenvalue weighted by atomic mass is 10.00. The van der Waals surface area contributed by atoms with Crippen LogP contribution in [0.1, 0.15) is 5.56 Å². The second kappa shape index (κ2) is 6.57. The summed E-state index contributed by atoms with van der Waals surface area (Å²) < 4.78 is 1.52. The van der Waals surface area contributed by atoms with Crippen LogP contribution in [0.5, 0.6) is 0 Å². The molecule has 1 heterocycles. The minimum atomic E-state index is -0.0703. The van der Waals surface area contributed by atoms with Crippen LogP contribution in [0.15, 0.2) is 90.0 Å². The average Bonchev–Trinajstić information content (AvgIpc) is 2.69. The molecule has 0 aliphatic carbocycles. The molecule has 0 radical (unpaired) electrons. The summed E-state index contributed by atoms with van der Waals surface area (Å²) in [5.41, 5.74) is 3.96. The molecule has 3 aromatic carbocycles. The molecule has 4 aromatic rings. The number of fused-ring (bicyclic) bond motifs is 1. The van der Waals surface area contributed by atoms with Crippen molar-refractivity contribution in [2.75, 3.05) is 0 Å². The van der Waals surface area contributed by atoms with E-state index < -0.39 is 0 Å². The molecule has 0 fully saturated rings. The van der Waals surface area contributed by atoms with E-state index in [2.05, 4.69) is 23.2 Å². The Morgan fingerprint density at radius 2 is 1.52 bits per heavy atom. The largest absolute Gasteiger partial charge is 0.274 e. The van der Waals surface area contributed by atoms with Gasteiger partial charge in [-0.2, -0.15) is 0 Å². The molecule has 0 N–H and O–H groups in total. The number of hydrogen-bond acceptors (Lipinski definition) is 2. The van der Waals surface area contributed by atoms with Gasteiger partial charge in [0.2, 0.25) is 0 Å². The SMILES string of the molecule is O=c1c2ccccc2ncn1C=Cc1ccccc1-c1ccccc1. The Morgan fingerprint density at radius 3 is 2.40 bits per heavy atom. The predicted molar refractivity (Wildman–Crippen MR) is 103 cm³/mol. The molecule has 25 heavy (non-hydrogen) atoms. The van der Waals surface area contributed by atoms with Crippen LogP contribution in [-0.2, 0) is 0 Å². The number of para-hydroxylation sites is 1. The van der Waals surface area contributed by atoms with Crippen LogP contribution in [0.3, 0.4) is 0 Å². The maximum absolute atomic E-state index is 12.6. The molecule has 1 aromatic heterocycles. The third kappa shape index (κ3) is 3.00. The summed E-state index contributed by atoms with van der Waals surface area (Å²) in [6.07, 6.45) is 5.27. The monoisotopic (exact) mass is 324 g/mol. The summed E-state index contributed by atoms with van der Waals surface area (Å²) in [6.45, 7) is 0. The zero-order valence-corrected chi connectivity index (χ0v) is 13.5. The van der Waals surface area contributed by atoms with E-state index in [4.69, 9.17) is 0 Å². The molecule has 0 aliphatic rings. The van der Waals surface area contributed by atoms with Crippen LogP contribution in [0.2, 0.25) is 0 Å². The van der Waals surface area contributed by atoms with Crippen molar-refractivity contribution in [1.82, 2.24) is 9.55 Å². The quantitative estimate of drug-likeness (QED) is 0.548. The second-order valence-electron chi connectivity index (χ2n) is 5.74. The summed E-state index contributed by atoms with van der Waals surface area (Å²) >= 11 is 0. The van der Waals surface area contributed by atoms with E-state index in [1.165, 1.54) is 4.57 Å². The van der Waals surface area contributed by atoms with Gasteiger partial charge in [-0.15, -0.1) is 0 Å². The summed E-state index contributed by atoms with van der Waals surface area (Å²) in [5, 5.41) is 0.617. The van der Waals surface area contributed by atoms with E-state index in [1.807, 2.05) is 60.7 Å². The summed E-state index contributed by atoms with van der Waals surface area (Å²) in [4.78, 5) is 16.9. The van der Waals surface area contributed by atoms with Crippen LogP contribution in [0.25, 0.3) is 34.3 Å². The molecule has 4 rings (SSSR count). The van der Waals surface area contributed by atoms with Crippen LogP contribution >= 0.6 is 0 Å². The standard InChI is InChI=1S/C22H16N2O/c25-22-20-12-6-7-13-21(20)23-16-24(22)15-14-18-10-4-5-11-19(18)17-8-2-1-3-9-17/h1-16H. The Bertz CT molecular complexity index is 1110. The van der Waals surface area contributed by atoms with E-state index in [1.54, 1.807) is 18.6 Å². The van der Waals surface area contributed by atoms with Gasteiger partial charge in [-0.05, 0) is 34.9 Å². The molecule has 3 nitrogen and oxygen atoms in total. The zero-order valence-electron chi connectivity index (χ0n) is 13.5. The van der Waals surface area contributed by atoms with Crippen LogP contribution in [-0.4, -0.2) is 9.55 Å². The minimum absolute atomic E-state index is 0.0703. The Labute approximate surface area is 145 Å². The average molecular weight is 324 g/mol. The molecule has 0 aliphatic heterocycles. The molecule has 0 saturated carbocycles. The normalized spacial score (nSPS) is 11.2. The number of benzene rings is 3. The molecule has 0 unspecified atom stereocenters. The number of hydrogen-bond donors (Lipinski definition) is 0. The molecule has 120 valence electrons.